The minimum absolute atomic E-state index is 0.0111. The molecule has 2 aromatic heterocycles. The summed E-state index contributed by atoms with van der Waals surface area (Å²) in [4.78, 5) is 49.6. The van der Waals surface area contributed by atoms with Crippen LogP contribution < -0.4 is 10.6 Å². The quantitative estimate of drug-likeness (QED) is 0.187. The molecule has 2 amide bonds. The van der Waals surface area contributed by atoms with Gasteiger partial charge in [-0.3, -0.25) is 19.7 Å². The van der Waals surface area contributed by atoms with E-state index in [2.05, 4.69) is 25.6 Å². The van der Waals surface area contributed by atoms with Crippen molar-refractivity contribution in [1.29, 1.82) is 0 Å². The van der Waals surface area contributed by atoms with Gasteiger partial charge in [-0.2, -0.15) is 0 Å². The Bertz CT molecular complexity index is 1810. The Morgan fingerprint density at radius 1 is 0.975 bits per heavy atom. The van der Waals surface area contributed by atoms with E-state index < -0.39 is 11.0 Å². The van der Waals surface area contributed by atoms with Gasteiger partial charge in [0.15, 0.2) is 5.13 Å². The van der Waals surface area contributed by atoms with Crippen LogP contribution in [0.15, 0.2) is 60.7 Å². The Morgan fingerprint density at radius 3 is 2.38 bits per heavy atom. The van der Waals surface area contributed by atoms with E-state index in [0.717, 1.165) is 39.7 Å². The molecule has 6 rings (SSSR count). The van der Waals surface area contributed by atoms with Crippen LogP contribution in [0.5, 0.6) is 0 Å². The number of benzene rings is 3. The zero-order chi connectivity index (χ0) is 28.0. The molecule has 0 spiro atoms. The highest BCUT2D eigenvalue weighted by molar-refractivity contribution is 7.22. The van der Waals surface area contributed by atoms with Crippen LogP contribution in [0.1, 0.15) is 47.7 Å². The van der Waals surface area contributed by atoms with Gasteiger partial charge in [-0.25, -0.2) is 15.0 Å². The van der Waals surface area contributed by atoms with E-state index in [-0.39, 0.29) is 29.1 Å². The highest BCUT2D eigenvalue weighted by Gasteiger charge is 2.30. The molecule has 1 aliphatic carbocycles. The second kappa shape index (κ2) is 10.1. The standard InChI is InChI=1S/C29H24N6O4S/c1-15(17-5-9-21(10-6-17)35(38)39)30-28(37)26-22-13-19(7-11-23(22)31-16(2)32-26)20-8-12-24-25(14-20)40-29(33-24)34-27(36)18-3-4-18/h5-15,18H,3-4H2,1-2H3,(H,30,37)(H,33,34,36)/t15-/m0/s1. The number of aryl methyl sites for hydroxylation is 1. The van der Waals surface area contributed by atoms with Crippen molar-refractivity contribution in [2.45, 2.75) is 32.7 Å². The molecule has 0 radical (unpaired) electrons. The molecule has 11 heteroatoms. The summed E-state index contributed by atoms with van der Waals surface area (Å²) in [7, 11) is 0. The van der Waals surface area contributed by atoms with Crippen LogP contribution in [0.2, 0.25) is 0 Å². The first-order valence-electron chi connectivity index (χ1n) is 12.8. The summed E-state index contributed by atoms with van der Waals surface area (Å²) in [6.45, 7) is 3.55. The summed E-state index contributed by atoms with van der Waals surface area (Å²) in [5.74, 6) is 0.236. The van der Waals surface area contributed by atoms with Gasteiger partial charge in [-0.1, -0.05) is 35.6 Å². The number of hydrogen-bond acceptors (Lipinski definition) is 8. The first kappa shape index (κ1) is 25.5. The molecule has 2 N–H and O–H groups in total. The lowest BCUT2D eigenvalue weighted by Crippen LogP contribution is -2.28. The van der Waals surface area contributed by atoms with E-state index in [1.807, 2.05) is 43.3 Å². The van der Waals surface area contributed by atoms with E-state index in [9.17, 15) is 19.7 Å². The maximum absolute atomic E-state index is 13.4. The smallest absolute Gasteiger partial charge is 0.271 e. The van der Waals surface area contributed by atoms with Crippen molar-refractivity contribution in [2.24, 2.45) is 5.92 Å². The van der Waals surface area contributed by atoms with Crippen molar-refractivity contribution in [3.63, 3.8) is 0 Å². The third kappa shape index (κ3) is 5.10. The highest BCUT2D eigenvalue weighted by Crippen LogP contribution is 2.34. The normalized spacial score (nSPS) is 13.8. The average molecular weight is 553 g/mol. The molecule has 3 aromatic carbocycles. The summed E-state index contributed by atoms with van der Waals surface area (Å²) in [5, 5.41) is 18.0. The van der Waals surface area contributed by atoms with Crippen LogP contribution in [-0.4, -0.2) is 31.7 Å². The lowest BCUT2D eigenvalue weighted by atomic mass is 10.0. The molecule has 0 bridgehead atoms. The average Bonchev–Trinajstić information content (AvgIpc) is 3.72. The fourth-order valence-electron chi connectivity index (χ4n) is 4.54. The SMILES string of the molecule is Cc1nc(C(=O)N[C@@H](C)c2ccc([N+](=O)[O-])cc2)c2cc(-c3ccc4nc(NC(=O)C5CC5)sc4c3)ccc2n1. The van der Waals surface area contributed by atoms with Gasteiger partial charge in [0, 0.05) is 23.4 Å². The number of anilines is 1. The zero-order valence-electron chi connectivity index (χ0n) is 21.7. The fraction of sp³-hybridized carbons (Fsp3) is 0.207. The number of aromatic nitrogens is 3. The first-order valence-corrected chi connectivity index (χ1v) is 13.6. The van der Waals surface area contributed by atoms with Crippen LogP contribution in [-0.2, 0) is 4.79 Å². The van der Waals surface area contributed by atoms with Crippen molar-refractivity contribution in [2.75, 3.05) is 5.32 Å². The number of thiazole rings is 1. The molecule has 1 aliphatic rings. The maximum atomic E-state index is 13.4. The molecule has 1 atom stereocenters. The number of nitro groups is 1. The van der Waals surface area contributed by atoms with Gasteiger partial charge < -0.3 is 10.6 Å². The Balaban J connectivity index is 1.29. The van der Waals surface area contributed by atoms with Gasteiger partial charge in [-0.05, 0) is 67.6 Å². The number of carbonyl (C=O) groups is 2. The Hall–Kier alpha value is -4.77. The van der Waals surface area contributed by atoms with Crippen LogP contribution >= 0.6 is 11.3 Å². The second-order valence-electron chi connectivity index (χ2n) is 9.86. The van der Waals surface area contributed by atoms with Crippen LogP contribution in [0.3, 0.4) is 0 Å². The molecule has 0 unspecified atom stereocenters. The van der Waals surface area contributed by atoms with Crippen LogP contribution in [0, 0.1) is 23.0 Å². The van der Waals surface area contributed by atoms with Crippen LogP contribution in [0.4, 0.5) is 10.8 Å². The number of amides is 2. The molecule has 10 nitrogen and oxygen atoms in total. The topological polar surface area (TPSA) is 140 Å². The van der Waals surface area contributed by atoms with Gasteiger partial charge >= 0.3 is 0 Å². The molecule has 0 saturated heterocycles. The Kier molecular flexibility index (Phi) is 6.43. The van der Waals surface area contributed by atoms with Crippen molar-refractivity contribution in [3.05, 3.63) is 87.9 Å². The van der Waals surface area contributed by atoms with Crippen molar-refractivity contribution >= 4 is 55.1 Å². The van der Waals surface area contributed by atoms with E-state index >= 15 is 0 Å². The van der Waals surface area contributed by atoms with Gasteiger partial charge in [0.1, 0.15) is 11.5 Å². The van der Waals surface area contributed by atoms with E-state index in [1.165, 1.54) is 23.5 Å². The molecular weight excluding hydrogens is 528 g/mol. The first-order chi connectivity index (χ1) is 19.2. The van der Waals surface area contributed by atoms with Crippen molar-refractivity contribution < 1.29 is 14.5 Å². The summed E-state index contributed by atoms with van der Waals surface area (Å²) in [6, 6.07) is 17.3. The minimum atomic E-state index is -0.459. The van der Waals surface area contributed by atoms with Gasteiger partial charge in [0.25, 0.3) is 11.6 Å². The Morgan fingerprint density at radius 2 is 1.68 bits per heavy atom. The summed E-state index contributed by atoms with van der Waals surface area (Å²) in [6.07, 6.45) is 1.87. The largest absolute Gasteiger partial charge is 0.344 e. The molecule has 200 valence electrons. The number of hydrogen-bond donors (Lipinski definition) is 2. The van der Waals surface area contributed by atoms with E-state index in [1.54, 1.807) is 19.1 Å². The molecule has 5 aromatic rings. The molecule has 1 fully saturated rings. The third-order valence-electron chi connectivity index (χ3n) is 6.87. The van der Waals surface area contributed by atoms with Gasteiger partial charge in [-0.15, -0.1) is 0 Å². The number of nitrogens with zero attached hydrogens (tertiary/aromatic N) is 4. The van der Waals surface area contributed by atoms with Crippen molar-refractivity contribution in [1.82, 2.24) is 20.3 Å². The fourth-order valence-corrected chi connectivity index (χ4v) is 5.45. The van der Waals surface area contributed by atoms with E-state index in [0.29, 0.717) is 21.9 Å². The van der Waals surface area contributed by atoms with E-state index in [4.69, 9.17) is 0 Å². The molecule has 2 heterocycles. The van der Waals surface area contributed by atoms with Gasteiger partial charge in [0.05, 0.1) is 26.7 Å². The third-order valence-corrected chi connectivity index (χ3v) is 7.81. The minimum Gasteiger partial charge on any atom is -0.344 e. The number of fused-ring (bicyclic) bond motifs is 2. The molecule has 1 saturated carbocycles. The van der Waals surface area contributed by atoms with Crippen molar-refractivity contribution in [3.8, 4) is 11.1 Å². The maximum Gasteiger partial charge on any atom is 0.271 e. The highest BCUT2D eigenvalue weighted by atomic mass is 32.1. The number of carbonyl (C=O) groups excluding carboxylic acids is 2. The van der Waals surface area contributed by atoms with Gasteiger partial charge in [0.2, 0.25) is 5.91 Å². The summed E-state index contributed by atoms with van der Waals surface area (Å²) < 4.78 is 0.943. The predicted octanol–water partition coefficient (Wildman–Crippen LogP) is 5.96. The predicted molar refractivity (Wildman–Crippen MR) is 153 cm³/mol. The molecule has 0 aliphatic heterocycles. The number of non-ortho nitro benzene ring substituents is 1. The number of nitrogens with one attached hydrogen (secondary N) is 2. The Labute approximate surface area is 232 Å². The number of nitro benzene ring substituents is 1. The summed E-state index contributed by atoms with van der Waals surface area (Å²) >= 11 is 1.43. The molecule has 40 heavy (non-hydrogen) atoms. The second-order valence-corrected chi connectivity index (χ2v) is 10.9. The summed E-state index contributed by atoms with van der Waals surface area (Å²) in [5.41, 5.74) is 4.25. The molecular formula is C29H24N6O4S. The lowest BCUT2D eigenvalue weighted by molar-refractivity contribution is -0.384. The number of rotatable bonds is 7. The van der Waals surface area contributed by atoms with Crippen LogP contribution in [0.25, 0.3) is 32.2 Å². The zero-order valence-corrected chi connectivity index (χ0v) is 22.5. The monoisotopic (exact) mass is 552 g/mol. The lowest BCUT2D eigenvalue weighted by Gasteiger charge is -2.15.